The van der Waals surface area contributed by atoms with E-state index in [0.29, 0.717) is 5.69 Å². The summed E-state index contributed by atoms with van der Waals surface area (Å²) >= 11 is 0. The van der Waals surface area contributed by atoms with Gasteiger partial charge in [-0.15, -0.1) is 0 Å². The molecule has 3 nitrogen and oxygen atoms in total. The molecule has 0 saturated carbocycles. The first-order valence-corrected chi connectivity index (χ1v) is 5.88. The van der Waals surface area contributed by atoms with Gasteiger partial charge in [0.25, 0.3) is 5.91 Å². The van der Waals surface area contributed by atoms with Crippen molar-refractivity contribution in [1.29, 1.82) is 0 Å². The van der Waals surface area contributed by atoms with Crippen molar-refractivity contribution in [2.75, 3.05) is 5.32 Å². The Morgan fingerprint density at radius 1 is 1.05 bits per heavy atom. The van der Waals surface area contributed by atoms with E-state index in [-0.39, 0.29) is 11.6 Å². The molecule has 2 N–H and O–H groups in total. The highest BCUT2D eigenvalue weighted by Crippen LogP contribution is 2.17. The van der Waals surface area contributed by atoms with Crippen molar-refractivity contribution in [3.05, 3.63) is 66.1 Å². The molecule has 0 bridgehead atoms. The molecule has 94 valence electrons. The SMILES string of the molecule is O=C(Nc1ccccc1F)c1cc2ccccc2[nH]1. The molecule has 0 aliphatic rings. The van der Waals surface area contributed by atoms with E-state index in [9.17, 15) is 9.18 Å². The summed E-state index contributed by atoms with van der Waals surface area (Å²) in [6, 6.07) is 15.4. The topological polar surface area (TPSA) is 44.9 Å². The third kappa shape index (κ3) is 2.20. The molecule has 0 aliphatic carbocycles. The lowest BCUT2D eigenvalue weighted by Crippen LogP contribution is -2.13. The fourth-order valence-electron chi connectivity index (χ4n) is 1.95. The van der Waals surface area contributed by atoms with E-state index >= 15 is 0 Å². The molecule has 1 heterocycles. The highest BCUT2D eigenvalue weighted by Gasteiger charge is 2.11. The van der Waals surface area contributed by atoms with Crippen molar-refractivity contribution >= 4 is 22.5 Å². The molecule has 0 aliphatic heterocycles. The molecule has 0 spiro atoms. The van der Waals surface area contributed by atoms with Crippen molar-refractivity contribution in [3.63, 3.8) is 0 Å². The second-order valence-electron chi connectivity index (χ2n) is 4.20. The van der Waals surface area contributed by atoms with Gasteiger partial charge in [-0.25, -0.2) is 4.39 Å². The van der Waals surface area contributed by atoms with Crippen LogP contribution >= 0.6 is 0 Å². The van der Waals surface area contributed by atoms with E-state index in [1.54, 1.807) is 18.2 Å². The van der Waals surface area contributed by atoms with E-state index in [2.05, 4.69) is 10.3 Å². The van der Waals surface area contributed by atoms with Gasteiger partial charge in [0.15, 0.2) is 0 Å². The Morgan fingerprint density at radius 2 is 1.79 bits per heavy atom. The Bertz CT molecular complexity index is 715. The van der Waals surface area contributed by atoms with Crippen molar-refractivity contribution < 1.29 is 9.18 Å². The van der Waals surface area contributed by atoms with Gasteiger partial charge < -0.3 is 10.3 Å². The molecule has 0 saturated heterocycles. The summed E-state index contributed by atoms with van der Waals surface area (Å²) in [5.41, 5.74) is 1.46. The molecule has 1 aromatic heterocycles. The number of nitrogens with one attached hydrogen (secondary N) is 2. The van der Waals surface area contributed by atoms with Crippen LogP contribution in [0.2, 0.25) is 0 Å². The van der Waals surface area contributed by atoms with Crippen LogP contribution < -0.4 is 5.32 Å². The van der Waals surface area contributed by atoms with Crippen LogP contribution in [0.1, 0.15) is 10.5 Å². The average molecular weight is 254 g/mol. The lowest BCUT2D eigenvalue weighted by molar-refractivity contribution is 0.102. The van der Waals surface area contributed by atoms with E-state index in [1.807, 2.05) is 24.3 Å². The summed E-state index contributed by atoms with van der Waals surface area (Å²) < 4.78 is 13.4. The predicted octanol–water partition coefficient (Wildman–Crippen LogP) is 3.56. The van der Waals surface area contributed by atoms with Gasteiger partial charge in [0.05, 0.1) is 5.69 Å². The van der Waals surface area contributed by atoms with E-state index in [0.717, 1.165) is 10.9 Å². The molecule has 0 radical (unpaired) electrons. The van der Waals surface area contributed by atoms with Gasteiger partial charge in [0.1, 0.15) is 11.5 Å². The molecular formula is C15H11FN2O. The Hall–Kier alpha value is -2.62. The van der Waals surface area contributed by atoms with Gasteiger partial charge in [0.2, 0.25) is 0 Å². The molecule has 4 heteroatoms. The van der Waals surface area contributed by atoms with Gasteiger partial charge in [0, 0.05) is 10.9 Å². The van der Waals surface area contributed by atoms with Crippen LogP contribution in [0.25, 0.3) is 10.9 Å². The van der Waals surface area contributed by atoms with Crippen LogP contribution in [0.4, 0.5) is 10.1 Å². The quantitative estimate of drug-likeness (QED) is 0.721. The molecule has 2 aromatic carbocycles. The molecule has 0 atom stereocenters. The fraction of sp³-hybridized carbons (Fsp3) is 0. The average Bonchev–Trinajstić information content (AvgIpc) is 2.85. The number of aromatic nitrogens is 1. The number of carbonyl (C=O) groups is 1. The highest BCUT2D eigenvalue weighted by atomic mass is 19.1. The predicted molar refractivity (Wildman–Crippen MR) is 72.7 cm³/mol. The zero-order chi connectivity index (χ0) is 13.2. The van der Waals surface area contributed by atoms with Gasteiger partial charge in [-0.1, -0.05) is 30.3 Å². The molecule has 0 unspecified atom stereocenters. The zero-order valence-corrected chi connectivity index (χ0v) is 9.98. The summed E-state index contributed by atoms with van der Waals surface area (Å²) in [7, 11) is 0. The van der Waals surface area contributed by atoms with Crippen LogP contribution in [-0.4, -0.2) is 10.9 Å². The van der Waals surface area contributed by atoms with Crippen molar-refractivity contribution in [2.45, 2.75) is 0 Å². The largest absolute Gasteiger partial charge is 0.351 e. The Balaban J connectivity index is 1.90. The first kappa shape index (κ1) is 11.5. The fourth-order valence-corrected chi connectivity index (χ4v) is 1.95. The maximum absolute atomic E-state index is 13.4. The molecule has 3 aromatic rings. The third-order valence-electron chi connectivity index (χ3n) is 2.90. The molecule has 3 rings (SSSR count). The summed E-state index contributed by atoms with van der Waals surface area (Å²) in [5, 5.41) is 3.49. The standard InChI is InChI=1S/C15H11FN2O/c16-11-6-2-4-8-13(11)18-15(19)14-9-10-5-1-3-7-12(10)17-14/h1-9,17H,(H,18,19). The van der Waals surface area contributed by atoms with E-state index in [4.69, 9.17) is 0 Å². The number of anilines is 1. The number of rotatable bonds is 2. The summed E-state index contributed by atoms with van der Waals surface area (Å²) in [5.74, 6) is -0.812. The Kier molecular flexibility index (Phi) is 2.76. The number of para-hydroxylation sites is 2. The first-order valence-electron chi connectivity index (χ1n) is 5.88. The monoisotopic (exact) mass is 254 g/mol. The van der Waals surface area contributed by atoms with Gasteiger partial charge in [-0.2, -0.15) is 0 Å². The van der Waals surface area contributed by atoms with E-state index in [1.165, 1.54) is 12.1 Å². The number of halogens is 1. The summed E-state index contributed by atoms with van der Waals surface area (Å²) in [6.45, 7) is 0. The number of H-pyrrole nitrogens is 1. The molecule has 1 amide bonds. The molecule has 19 heavy (non-hydrogen) atoms. The minimum absolute atomic E-state index is 0.172. The van der Waals surface area contributed by atoms with Crippen LogP contribution in [-0.2, 0) is 0 Å². The highest BCUT2D eigenvalue weighted by molar-refractivity contribution is 6.05. The number of aromatic amines is 1. The third-order valence-corrected chi connectivity index (χ3v) is 2.90. The zero-order valence-electron chi connectivity index (χ0n) is 9.98. The van der Waals surface area contributed by atoms with Crippen LogP contribution in [0, 0.1) is 5.82 Å². The van der Waals surface area contributed by atoms with Crippen molar-refractivity contribution in [1.82, 2.24) is 4.98 Å². The maximum atomic E-state index is 13.4. The van der Waals surface area contributed by atoms with Gasteiger partial charge in [-0.05, 0) is 24.3 Å². The lowest BCUT2D eigenvalue weighted by atomic mass is 10.2. The number of benzene rings is 2. The van der Waals surface area contributed by atoms with Crippen molar-refractivity contribution in [2.24, 2.45) is 0 Å². The molecule has 0 fully saturated rings. The number of carbonyl (C=O) groups excluding carboxylic acids is 1. The van der Waals surface area contributed by atoms with Crippen LogP contribution in [0.15, 0.2) is 54.6 Å². The normalized spacial score (nSPS) is 10.6. The summed E-state index contributed by atoms with van der Waals surface area (Å²) in [4.78, 5) is 15.0. The second-order valence-corrected chi connectivity index (χ2v) is 4.20. The number of fused-ring (bicyclic) bond motifs is 1. The summed E-state index contributed by atoms with van der Waals surface area (Å²) in [6.07, 6.45) is 0. The van der Waals surface area contributed by atoms with E-state index < -0.39 is 5.82 Å². The van der Waals surface area contributed by atoms with Crippen molar-refractivity contribution in [3.8, 4) is 0 Å². The Morgan fingerprint density at radius 3 is 2.58 bits per heavy atom. The second kappa shape index (κ2) is 4.57. The number of amides is 1. The minimum Gasteiger partial charge on any atom is -0.351 e. The number of hydrogen-bond donors (Lipinski definition) is 2. The van der Waals surface area contributed by atoms with Gasteiger partial charge >= 0.3 is 0 Å². The van der Waals surface area contributed by atoms with Crippen LogP contribution in [0.5, 0.6) is 0 Å². The maximum Gasteiger partial charge on any atom is 0.272 e. The lowest BCUT2D eigenvalue weighted by Gasteiger charge is -2.04. The Labute approximate surface area is 109 Å². The number of hydrogen-bond acceptors (Lipinski definition) is 1. The molecular weight excluding hydrogens is 243 g/mol. The first-order chi connectivity index (χ1) is 9.24. The smallest absolute Gasteiger partial charge is 0.272 e. The van der Waals surface area contributed by atoms with Crippen LogP contribution in [0.3, 0.4) is 0 Å². The minimum atomic E-state index is -0.452. The van der Waals surface area contributed by atoms with Gasteiger partial charge in [-0.3, -0.25) is 4.79 Å².